The zero-order valence-corrected chi connectivity index (χ0v) is 13.2. The monoisotopic (exact) mass is 320 g/mol. The maximum Gasteiger partial charge on any atom is 0.250 e. The first-order chi connectivity index (χ1) is 10.0. The van der Waals surface area contributed by atoms with Gasteiger partial charge in [0.25, 0.3) is 0 Å². The summed E-state index contributed by atoms with van der Waals surface area (Å²) in [6.07, 6.45) is 0. The lowest BCUT2D eigenvalue weighted by atomic mass is 10.1. The molecule has 0 spiro atoms. The van der Waals surface area contributed by atoms with Crippen molar-refractivity contribution in [3.05, 3.63) is 52.4 Å². The summed E-state index contributed by atoms with van der Waals surface area (Å²) in [5, 5.41) is 0. The molecule has 0 unspecified atom stereocenters. The van der Waals surface area contributed by atoms with Crippen molar-refractivity contribution in [1.82, 2.24) is 4.72 Å². The maximum absolute atomic E-state index is 12.1. The largest absolute Gasteiger partial charge is 0.320 e. The van der Waals surface area contributed by atoms with Gasteiger partial charge in [0.1, 0.15) is 4.21 Å². The lowest BCUT2D eigenvalue weighted by Crippen LogP contribution is -2.22. The van der Waals surface area contributed by atoms with E-state index < -0.39 is 10.0 Å². The molecule has 0 atom stereocenters. The number of hydrogen-bond acceptors (Lipinski definition) is 4. The molecule has 0 amide bonds. The van der Waals surface area contributed by atoms with Gasteiger partial charge in [-0.25, -0.2) is 13.1 Å². The molecule has 1 heterocycles. The second-order valence-electron chi connectivity index (χ2n) is 4.39. The highest BCUT2D eigenvalue weighted by atomic mass is 32.2. The third kappa shape index (κ3) is 4.41. The van der Waals surface area contributed by atoms with E-state index in [0.717, 1.165) is 16.0 Å². The van der Waals surface area contributed by atoms with Crippen LogP contribution < -0.4 is 10.5 Å². The van der Waals surface area contributed by atoms with Crippen molar-refractivity contribution in [2.45, 2.75) is 17.7 Å². The van der Waals surface area contributed by atoms with Gasteiger partial charge in [-0.3, -0.25) is 0 Å². The summed E-state index contributed by atoms with van der Waals surface area (Å²) in [5.74, 6) is 5.69. The normalized spacial score (nSPS) is 11.0. The summed E-state index contributed by atoms with van der Waals surface area (Å²) in [6.45, 7) is 2.45. The van der Waals surface area contributed by atoms with Crippen molar-refractivity contribution < 1.29 is 8.42 Å². The molecule has 110 valence electrons. The highest BCUT2D eigenvalue weighted by molar-refractivity contribution is 7.91. The van der Waals surface area contributed by atoms with Crippen LogP contribution in [0.4, 0.5) is 0 Å². The third-order valence-corrected chi connectivity index (χ3v) is 5.63. The zero-order chi connectivity index (χ0) is 15.3. The lowest BCUT2D eigenvalue weighted by molar-refractivity contribution is 0.583. The average Bonchev–Trinajstić information content (AvgIpc) is 2.91. The summed E-state index contributed by atoms with van der Waals surface area (Å²) < 4.78 is 27.1. The average molecular weight is 320 g/mol. The number of nitrogens with one attached hydrogen (secondary N) is 1. The van der Waals surface area contributed by atoms with Gasteiger partial charge in [-0.2, -0.15) is 0 Å². The number of rotatable bonds is 4. The van der Waals surface area contributed by atoms with Gasteiger partial charge in [0, 0.05) is 17.0 Å². The molecule has 3 N–H and O–H groups in total. The molecule has 0 saturated carbocycles. The van der Waals surface area contributed by atoms with Crippen molar-refractivity contribution >= 4 is 21.4 Å². The smallest absolute Gasteiger partial charge is 0.250 e. The molecule has 0 bridgehead atoms. The van der Waals surface area contributed by atoms with E-state index in [4.69, 9.17) is 5.73 Å². The molecule has 1 aromatic heterocycles. The maximum atomic E-state index is 12.1. The summed E-state index contributed by atoms with van der Waals surface area (Å²) >= 11 is 1.26. The predicted octanol–water partition coefficient (Wildman–Crippen LogP) is 1.85. The first-order valence-electron chi connectivity index (χ1n) is 6.35. The highest BCUT2D eigenvalue weighted by Crippen LogP contribution is 2.20. The Bertz CT molecular complexity index is 766. The van der Waals surface area contributed by atoms with Crippen LogP contribution in [-0.4, -0.2) is 15.0 Å². The zero-order valence-electron chi connectivity index (χ0n) is 11.6. The Hall–Kier alpha value is -1.65. The van der Waals surface area contributed by atoms with Crippen molar-refractivity contribution in [2.24, 2.45) is 5.73 Å². The quantitative estimate of drug-likeness (QED) is 0.845. The third-order valence-electron chi connectivity index (χ3n) is 2.74. The Kier molecular flexibility index (Phi) is 5.15. The second-order valence-corrected chi connectivity index (χ2v) is 7.67. The van der Waals surface area contributed by atoms with Crippen LogP contribution in [0.25, 0.3) is 0 Å². The Morgan fingerprint density at radius 1 is 1.19 bits per heavy atom. The van der Waals surface area contributed by atoms with E-state index in [2.05, 4.69) is 16.6 Å². The number of thiophene rings is 1. The Morgan fingerprint density at radius 3 is 2.48 bits per heavy atom. The molecule has 4 nitrogen and oxygen atoms in total. The van der Waals surface area contributed by atoms with Crippen molar-refractivity contribution in [1.29, 1.82) is 0 Å². The molecule has 0 radical (unpaired) electrons. The molecular weight excluding hydrogens is 304 g/mol. The number of nitrogens with two attached hydrogens (primary N) is 1. The summed E-state index contributed by atoms with van der Waals surface area (Å²) in [6, 6.07) is 10.8. The SMILES string of the molecule is Cc1ccc(S(=O)(=O)NCc2ccc(C#CCN)cc2)s1. The van der Waals surface area contributed by atoms with Crippen LogP contribution in [0.15, 0.2) is 40.6 Å². The standard InChI is InChI=1S/C15H16N2O2S2/c1-12-4-9-15(20-12)21(18,19)17-11-14-7-5-13(6-8-14)3-2-10-16/h4-9,17H,10-11,16H2,1H3. The molecule has 0 aliphatic rings. The van der Waals surface area contributed by atoms with Crippen LogP contribution >= 0.6 is 11.3 Å². The molecule has 2 rings (SSSR count). The van der Waals surface area contributed by atoms with Crippen molar-refractivity contribution in [3.8, 4) is 11.8 Å². The fourth-order valence-corrected chi connectivity index (χ4v) is 4.01. The van der Waals surface area contributed by atoms with E-state index in [-0.39, 0.29) is 6.54 Å². The summed E-state index contributed by atoms with van der Waals surface area (Å²) in [5.41, 5.74) is 7.05. The molecule has 2 aromatic rings. The van der Waals surface area contributed by atoms with Crippen LogP contribution in [0.5, 0.6) is 0 Å². The predicted molar refractivity (Wildman–Crippen MR) is 85.5 cm³/mol. The molecule has 0 fully saturated rings. The first-order valence-corrected chi connectivity index (χ1v) is 8.65. The fraction of sp³-hybridized carbons (Fsp3) is 0.200. The van der Waals surface area contributed by atoms with Gasteiger partial charge in [-0.05, 0) is 36.8 Å². The van der Waals surface area contributed by atoms with Gasteiger partial charge >= 0.3 is 0 Å². The number of aryl methyl sites for hydroxylation is 1. The fourth-order valence-electron chi connectivity index (χ4n) is 1.67. The Labute approximate surface area is 129 Å². The van der Waals surface area contributed by atoms with E-state index in [0.29, 0.717) is 10.8 Å². The number of hydrogen-bond donors (Lipinski definition) is 2. The minimum atomic E-state index is -3.44. The number of benzene rings is 1. The van der Waals surface area contributed by atoms with Crippen molar-refractivity contribution in [3.63, 3.8) is 0 Å². The Balaban J connectivity index is 2.03. The van der Waals surface area contributed by atoms with Gasteiger partial charge in [0.05, 0.1) is 6.54 Å². The van der Waals surface area contributed by atoms with E-state index in [9.17, 15) is 8.42 Å². The van der Waals surface area contributed by atoms with Gasteiger partial charge in [-0.1, -0.05) is 24.0 Å². The van der Waals surface area contributed by atoms with E-state index in [1.165, 1.54) is 11.3 Å². The van der Waals surface area contributed by atoms with E-state index in [1.54, 1.807) is 12.1 Å². The van der Waals surface area contributed by atoms with E-state index in [1.807, 2.05) is 31.2 Å². The van der Waals surface area contributed by atoms with Crippen LogP contribution in [0, 0.1) is 18.8 Å². The van der Waals surface area contributed by atoms with Crippen molar-refractivity contribution in [2.75, 3.05) is 6.54 Å². The molecule has 0 saturated heterocycles. The van der Waals surface area contributed by atoms with Gasteiger partial charge in [-0.15, -0.1) is 11.3 Å². The molecule has 0 aliphatic heterocycles. The number of sulfonamides is 1. The minimum Gasteiger partial charge on any atom is -0.320 e. The summed E-state index contributed by atoms with van der Waals surface area (Å²) in [4.78, 5) is 0.971. The molecule has 0 aliphatic carbocycles. The molecule has 21 heavy (non-hydrogen) atoms. The lowest BCUT2D eigenvalue weighted by Gasteiger charge is -2.05. The highest BCUT2D eigenvalue weighted by Gasteiger charge is 2.15. The Morgan fingerprint density at radius 2 is 1.90 bits per heavy atom. The first kappa shape index (κ1) is 15.7. The van der Waals surface area contributed by atoms with Crippen LogP contribution in [0.3, 0.4) is 0 Å². The van der Waals surface area contributed by atoms with Gasteiger partial charge < -0.3 is 5.73 Å². The van der Waals surface area contributed by atoms with E-state index >= 15 is 0 Å². The van der Waals surface area contributed by atoms with Crippen LogP contribution in [-0.2, 0) is 16.6 Å². The van der Waals surface area contributed by atoms with Gasteiger partial charge in [0.2, 0.25) is 10.0 Å². The minimum absolute atomic E-state index is 0.254. The molecule has 1 aromatic carbocycles. The topological polar surface area (TPSA) is 72.2 Å². The summed E-state index contributed by atoms with van der Waals surface area (Å²) in [7, 11) is -3.44. The second kappa shape index (κ2) is 6.87. The molecular formula is C15H16N2O2S2. The van der Waals surface area contributed by atoms with Crippen LogP contribution in [0.1, 0.15) is 16.0 Å². The molecule has 6 heteroatoms. The van der Waals surface area contributed by atoms with Crippen LogP contribution in [0.2, 0.25) is 0 Å². The van der Waals surface area contributed by atoms with Gasteiger partial charge in [0.15, 0.2) is 0 Å².